The SMILES string of the molecule is COc1cccc(C(=O)NN=Cc2ccc(C(C)C)cc2)c1. The van der Waals surface area contributed by atoms with Crippen LogP contribution in [0.25, 0.3) is 0 Å². The van der Waals surface area contributed by atoms with Gasteiger partial charge in [-0.2, -0.15) is 5.10 Å². The van der Waals surface area contributed by atoms with Gasteiger partial charge in [0, 0.05) is 5.56 Å². The summed E-state index contributed by atoms with van der Waals surface area (Å²) >= 11 is 0. The number of nitrogens with zero attached hydrogens (tertiary/aromatic N) is 1. The smallest absolute Gasteiger partial charge is 0.271 e. The van der Waals surface area contributed by atoms with Gasteiger partial charge in [-0.05, 0) is 35.2 Å². The van der Waals surface area contributed by atoms with Crippen LogP contribution < -0.4 is 10.2 Å². The Hall–Kier alpha value is -2.62. The minimum atomic E-state index is -0.269. The number of amides is 1. The molecule has 22 heavy (non-hydrogen) atoms. The molecule has 1 N–H and O–H groups in total. The van der Waals surface area contributed by atoms with Crippen molar-refractivity contribution in [2.45, 2.75) is 19.8 Å². The molecule has 2 rings (SSSR count). The molecule has 0 aliphatic heterocycles. The minimum Gasteiger partial charge on any atom is -0.497 e. The first-order valence-corrected chi connectivity index (χ1v) is 7.17. The third-order valence-corrected chi connectivity index (χ3v) is 3.31. The molecule has 4 nitrogen and oxygen atoms in total. The molecule has 0 unspecified atom stereocenters. The molecule has 0 aliphatic rings. The van der Waals surface area contributed by atoms with Gasteiger partial charge in [-0.15, -0.1) is 0 Å². The van der Waals surface area contributed by atoms with E-state index in [0.29, 0.717) is 17.2 Å². The van der Waals surface area contributed by atoms with E-state index in [1.54, 1.807) is 37.6 Å². The Morgan fingerprint density at radius 3 is 2.55 bits per heavy atom. The molecule has 0 spiro atoms. The molecule has 0 aliphatic carbocycles. The van der Waals surface area contributed by atoms with Crippen LogP contribution in [0.15, 0.2) is 53.6 Å². The van der Waals surface area contributed by atoms with Gasteiger partial charge in [-0.1, -0.05) is 44.2 Å². The first kappa shape index (κ1) is 15.8. The average molecular weight is 296 g/mol. The summed E-state index contributed by atoms with van der Waals surface area (Å²) in [5.41, 5.74) is 5.23. The summed E-state index contributed by atoms with van der Waals surface area (Å²) in [5, 5.41) is 3.98. The zero-order valence-corrected chi connectivity index (χ0v) is 13.0. The summed E-state index contributed by atoms with van der Waals surface area (Å²) in [5.74, 6) is 0.869. The fourth-order valence-corrected chi connectivity index (χ4v) is 1.96. The third-order valence-electron chi connectivity index (χ3n) is 3.31. The number of hydrogen-bond donors (Lipinski definition) is 1. The number of carbonyl (C=O) groups is 1. The highest BCUT2D eigenvalue weighted by molar-refractivity contribution is 5.95. The highest BCUT2D eigenvalue weighted by Crippen LogP contribution is 2.14. The topological polar surface area (TPSA) is 50.7 Å². The van der Waals surface area contributed by atoms with Gasteiger partial charge >= 0.3 is 0 Å². The van der Waals surface area contributed by atoms with Crippen molar-refractivity contribution >= 4 is 12.1 Å². The third kappa shape index (κ3) is 4.19. The lowest BCUT2D eigenvalue weighted by molar-refractivity contribution is 0.0955. The van der Waals surface area contributed by atoms with Crippen LogP contribution in [0.4, 0.5) is 0 Å². The van der Waals surface area contributed by atoms with E-state index in [1.807, 2.05) is 12.1 Å². The molecule has 0 aromatic heterocycles. The van der Waals surface area contributed by atoms with E-state index in [9.17, 15) is 4.79 Å². The summed E-state index contributed by atoms with van der Waals surface area (Å²) in [6.07, 6.45) is 1.63. The van der Waals surface area contributed by atoms with E-state index >= 15 is 0 Å². The zero-order valence-electron chi connectivity index (χ0n) is 13.0. The van der Waals surface area contributed by atoms with E-state index in [2.05, 4.69) is 36.5 Å². The number of hydrogen-bond acceptors (Lipinski definition) is 3. The lowest BCUT2D eigenvalue weighted by Crippen LogP contribution is -2.17. The number of rotatable bonds is 5. The number of hydrazone groups is 1. The molecule has 114 valence electrons. The first-order chi connectivity index (χ1) is 10.6. The number of benzene rings is 2. The Morgan fingerprint density at radius 2 is 1.91 bits per heavy atom. The molecule has 0 heterocycles. The zero-order chi connectivity index (χ0) is 15.9. The lowest BCUT2D eigenvalue weighted by atomic mass is 10.0. The van der Waals surface area contributed by atoms with E-state index in [-0.39, 0.29) is 5.91 Å². The molecular weight excluding hydrogens is 276 g/mol. The standard InChI is InChI=1S/C18H20N2O2/c1-13(2)15-9-7-14(8-10-15)12-19-20-18(21)16-5-4-6-17(11-16)22-3/h4-13H,1-3H3,(H,20,21). The number of carbonyl (C=O) groups excluding carboxylic acids is 1. The van der Waals surface area contributed by atoms with Gasteiger partial charge < -0.3 is 4.74 Å². The molecule has 2 aromatic rings. The Labute approximate surface area is 130 Å². The van der Waals surface area contributed by atoms with Crippen LogP contribution in [0, 0.1) is 0 Å². The summed E-state index contributed by atoms with van der Waals surface area (Å²) in [6, 6.07) is 15.0. The Balaban J connectivity index is 1.97. The van der Waals surface area contributed by atoms with Crippen LogP contribution in [-0.2, 0) is 0 Å². The number of methoxy groups -OCH3 is 1. The Bertz CT molecular complexity index is 661. The monoisotopic (exact) mass is 296 g/mol. The van der Waals surface area contributed by atoms with Crippen molar-refractivity contribution in [3.8, 4) is 5.75 Å². The summed E-state index contributed by atoms with van der Waals surface area (Å²) in [7, 11) is 1.57. The van der Waals surface area contributed by atoms with Gasteiger partial charge in [-0.3, -0.25) is 4.79 Å². The van der Waals surface area contributed by atoms with Gasteiger partial charge in [0.15, 0.2) is 0 Å². The van der Waals surface area contributed by atoms with Crippen molar-refractivity contribution in [3.63, 3.8) is 0 Å². The second-order valence-electron chi connectivity index (χ2n) is 5.25. The summed E-state index contributed by atoms with van der Waals surface area (Å²) in [6.45, 7) is 4.30. The second-order valence-corrected chi connectivity index (χ2v) is 5.25. The normalized spacial score (nSPS) is 10.9. The Morgan fingerprint density at radius 1 is 1.18 bits per heavy atom. The van der Waals surface area contributed by atoms with E-state index in [1.165, 1.54) is 5.56 Å². The second kappa shape index (κ2) is 7.41. The summed E-state index contributed by atoms with van der Waals surface area (Å²) in [4.78, 5) is 12.0. The highest BCUT2D eigenvalue weighted by Gasteiger charge is 2.05. The molecule has 0 atom stereocenters. The van der Waals surface area contributed by atoms with Crippen LogP contribution in [-0.4, -0.2) is 19.2 Å². The average Bonchev–Trinajstić information content (AvgIpc) is 2.55. The quantitative estimate of drug-likeness (QED) is 0.677. The van der Waals surface area contributed by atoms with Crippen molar-refractivity contribution in [2.75, 3.05) is 7.11 Å². The largest absolute Gasteiger partial charge is 0.497 e. The van der Waals surface area contributed by atoms with E-state index < -0.39 is 0 Å². The highest BCUT2D eigenvalue weighted by atomic mass is 16.5. The van der Waals surface area contributed by atoms with Crippen molar-refractivity contribution < 1.29 is 9.53 Å². The molecule has 0 saturated carbocycles. The maximum Gasteiger partial charge on any atom is 0.271 e. The van der Waals surface area contributed by atoms with E-state index in [0.717, 1.165) is 5.56 Å². The fourth-order valence-electron chi connectivity index (χ4n) is 1.96. The first-order valence-electron chi connectivity index (χ1n) is 7.17. The molecule has 2 aromatic carbocycles. The van der Waals surface area contributed by atoms with Crippen molar-refractivity contribution in [2.24, 2.45) is 5.10 Å². The molecule has 4 heteroatoms. The molecule has 0 fully saturated rings. The van der Waals surface area contributed by atoms with Crippen molar-refractivity contribution in [1.82, 2.24) is 5.43 Å². The molecule has 1 amide bonds. The predicted molar refractivity (Wildman–Crippen MR) is 88.6 cm³/mol. The fraction of sp³-hybridized carbons (Fsp3) is 0.222. The molecular formula is C18H20N2O2. The van der Waals surface area contributed by atoms with Crippen LogP contribution in [0.2, 0.25) is 0 Å². The minimum absolute atomic E-state index is 0.269. The van der Waals surface area contributed by atoms with Crippen LogP contribution in [0.1, 0.15) is 41.3 Å². The maximum absolute atomic E-state index is 12.0. The Kier molecular flexibility index (Phi) is 5.31. The van der Waals surface area contributed by atoms with Gasteiger partial charge in [0.05, 0.1) is 13.3 Å². The van der Waals surface area contributed by atoms with Crippen LogP contribution >= 0.6 is 0 Å². The van der Waals surface area contributed by atoms with Gasteiger partial charge in [0.2, 0.25) is 0 Å². The molecule has 0 bridgehead atoms. The van der Waals surface area contributed by atoms with Crippen molar-refractivity contribution in [3.05, 3.63) is 65.2 Å². The van der Waals surface area contributed by atoms with Gasteiger partial charge in [0.25, 0.3) is 5.91 Å². The van der Waals surface area contributed by atoms with E-state index in [4.69, 9.17) is 4.74 Å². The molecule has 0 radical (unpaired) electrons. The van der Waals surface area contributed by atoms with Crippen LogP contribution in [0.3, 0.4) is 0 Å². The molecule has 0 saturated heterocycles. The van der Waals surface area contributed by atoms with Gasteiger partial charge in [0.1, 0.15) is 5.75 Å². The lowest BCUT2D eigenvalue weighted by Gasteiger charge is -2.05. The van der Waals surface area contributed by atoms with Crippen molar-refractivity contribution in [1.29, 1.82) is 0 Å². The maximum atomic E-state index is 12.0. The van der Waals surface area contributed by atoms with Crippen LogP contribution in [0.5, 0.6) is 5.75 Å². The van der Waals surface area contributed by atoms with Gasteiger partial charge in [-0.25, -0.2) is 5.43 Å². The number of ether oxygens (including phenoxy) is 1. The number of nitrogens with one attached hydrogen (secondary N) is 1. The predicted octanol–water partition coefficient (Wildman–Crippen LogP) is 3.58. The summed E-state index contributed by atoms with van der Waals surface area (Å²) < 4.78 is 5.09.